The number of likely N-dealkylation sites (tertiary alicyclic amines) is 1. The Hall–Kier alpha value is -3.06. The van der Waals surface area contributed by atoms with E-state index in [4.69, 9.17) is 11.6 Å². The van der Waals surface area contributed by atoms with Gasteiger partial charge in [0.05, 0.1) is 27.2 Å². The first-order valence-corrected chi connectivity index (χ1v) is 9.35. The quantitative estimate of drug-likeness (QED) is 0.707. The van der Waals surface area contributed by atoms with Crippen LogP contribution in [0, 0.1) is 0 Å². The van der Waals surface area contributed by atoms with Gasteiger partial charge in [-0.1, -0.05) is 23.7 Å². The fraction of sp³-hybridized carbons (Fsp3) is 0.250. The third-order valence-corrected chi connectivity index (χ3v) is 5.52. The van der Waals surface area contributed by atoms with Crippen molar-refractivity contribution < 1.29 is 14.7 Å². The number of carboxylic acids is 1. The van der Waals surface area contributed by atoms with Crippen molar-refractivity contribution in [1.82, 2.24) is 14.5 Å². The van der Waals surface area contributed by atoms with Crippen LogP contribution in [0.5, 0.6) is 0 Å². The van der Waals surface area contributed by atoms with E-state index in [1.165, 1.54) is 12.1 Å². The minimum absolute atomic E-state index is 0.111. The highest BCUT2D eigenvalue weighted by molar-refractivity contribution is 6.33. The molecule has 0 unspecified atom stereocenters. The lowest BCUT2D eigenvalue weighted by Gasteiger charge is -2.32. The maximum absolute atomic E-state index is 12.7. The summed E-state index contributed by atoms with van der Waals surface area (Å²) in [6.45, 7) is 0.985. The lowest BCUT2D eigenvalue weighted by atomic mass is 10.0. The Morgan fingerprint density at radius 2 is 1.82 bits per heavy atom. The van der Waals surface area contributed by atoms with Crippen molar-refractivity contribution in [3.8, 4) is 0 Å². The van der Waals surface area contributed by atoms with Crippen LogP contribution in [-0.4, -0.2) is 44.5 Å². The second-order valence-corrected chi connectivity index (χ2v) is 7.25. The fourth-order valence-corrected chi connectivity index (χ4v) is 3.97. The molecule has 2 aromatic carbocycles. The SMILES string of the molecule is O=C(O)c1ccc2[nH]c(=O)n(C3CCN(C(=O)c4ccccc4Cl)CC3)c2c1. The summed E-state index contributed by atoms with van der Waals surface area (Å²) >= 11 is 6.13. The van der Waals surface area contributed by atoms with E-state index in [9.17, 15) is 19.5 Å². The van der Waals surface area contributed by atoms with E-state index in [1.54, 1.807) is 39.8 Å². The number of hydrogen-bond acceptors (Lipinski definition) is 3. The van der Waals surface area contributed by atoms with Crippen molar-refractivity contribution in [1.29, 1.82) is 0 Å². The molecule has 1 amide bonds. The molecule has 7 nitrogen and oxygen atoms in total. The molecule has 2 N–H and O–H groups in total. The number of carboxylic acid groups (broad SMARTS) is 1. The molecule has 0 bridgehead atoms. The Kier molecular flexibility index (Phi) is 4.68. The first kappa shape index (κ1) is 18.3. The molecular weight excluding hydrogens is 382 g/mol. The van der Waals surface area contributed by atoms with Gasteiger partial charge in [-0.3, -0.25) is 9.36 Å². The second-order valence-electron chi connectivity index (χ2n) is 6.84. The molecule has 1 saturated heterocycles. The molecule has 1 fully saturated rings. The van der Waals surface area contributed by atoms with Gasteiger partial charge in [-0.2, -0.15) is 0 Å². The lowest BCUT2D eigenvalue weighted by Crippen LogP contribution is -2.40. The Bertz CT molecular complexity index is 1130. The number of carbonyl (C=O) groups is 2. The molecule has 1 aliphatic heterocycles. The molecule has 3 aromatic rings. The average Bonchev–Trinajstić information content (AvgIpc) is 3.02. The van der Waals surface area contributed by atoms with Crippen LogP contribution in [0.25, 0.3) is 11.0 Å². The maximum atomic E-state index is 12.7. The number of piperidine rings is 1. The zero-order valence-electron chi connectivity index (χ0n) is 14.9. The minimum atomic E-state index is -1.04. The molecular formula is C20H18ClN3O4. The molecule has 4 rings (SSSR count). The van der Waals surface area contributed by atoms with Gasteiger partial charge in [0.1, 0.15) is 0 Å². The van der Waals surface area contributed by atoms with Crippen LogP contribution < -0.4 is 5.69 Å². The predicted molar refractivity (Wildman–Crippen MR) is 105 cm³/mol. The number of fused-ring (bicyclic) bond motifs is 1. The largest absolute Gasteiger partial charge is 0.478 e. The van der Waals surface area contributed by atoms with Crippen molar-refractivity contribution in [2.45, 2.75) is 18.9 Å². The van der Waals surface area contributed by atoms with Gasteiger partial charge in [0, 0.05) is 19.1 Å². The monoisotopic (exact) mass is 399 g/mol. The van der Waals surface area contributed by atoms with Crippen LogP contribution in [0.15, 0.2) is 47.3 Å². The normalized spacial score (nSPS) is 15.1. The number of amides is 1. The van der Waals surface area contributed by atoms with Gasteiger partial charge in [-0.25, -0.2) is 9.59 Å². The third kappa shape index (κ3) is 3.18. The van der Waals surface area contributed by atoms with E-state index in [0.717, 1.165) is 0 Å². The number of carbonyl (C=O) groups excluding carboxylic acids is 1. The zero-order valence-corrected chi connectivity index (χ0v) is 15.6. The van der Waals surface area contributed by atoms with Crippen LogP contribution in [0.4, 0.5) is 0 Å². The number of imidazole rings is 1. The van der Waals surface area contributed by atoms with Crippen LogP contribution >= 0.6 is 11.6 Å². The van der Waals surface area contributed by atoms with Crippen molar-refractivity contribution >= 4 is 34.5 Å². The molecule has 0 aliphatic carbocycles. The van der Waals surface area contributed by atoms with Crippen molar-refractivity contribution in [2.75, 3.05) is 13.1 Å². The molecule has 0 radical (unpaired) electrons. The summed E-state index contributed by atoms with van der Waals surface area (Å²) in [5, 5.41) is 9.65. The standard InChI is InChI=1S/C20H18ClN3O4/c21-15-4-2-1-3-14(15)18(25)23-9-7-13(8-10-23)24-17-11-12(19(26)27)5-6-16(17)22-20(24)28/h1-6,11,13H,7-10H2,(H,22,28)(H,26,27). The van der Waals surface area contributed by atoms with Gasteiger partial charge in [-0.15, -0.1) is 0 Å². The molecule has 1 aliphatic rings. The number of H-pyrrole nitrogens is 1. The second kappa shape index (κ2) is 7.16. The summed E-state index contributed by atoms with van der Waals surface area (Å²) in [7, 11) is 0. The number of benzene rings is 2. The number of halogens is 1. The fourth-order valence-electron chi connectivity index (χ4n) is 3.75. The molecule has 144 valence electrons. The van der Waals surface area contributed by atoms with E-state index < -0.39 is 5.97 Å². The van der Waals surface area contributed by atoms with Gasteiger partial charge in [-0.05, 0) is 43.2 Å². The summed E-state index contributed by atoms with van der Waals surface area (Å²) in [6.07, 6.45) is 1.20. The van der Waals surface area contributed by atoms with Gasteiger partial charge < -0.3 is 15.0 Å². The van der Waals surface area contributed by atoms with Crippen molar-refractivity contribution in [3.63, 3.8) is 0 Å². The van der Waals surface area contributed by atoms with Gasteiger partial charge in [0.15, 0.2) is 0 Å². The summed E-state index contributed by atoms with van der Waals surface area (Å²) in [5.74, 6) is -1.16. The zero-order chi connectivity index (χ0) is 19.8. The van der Waals surface area contributed by atoms with Crippen LogP contribution in [0.3, 0.4) is 0 Å². The third-order valence-electron chi connectivity index (χ3n) is 5.19. The van der Waals surface area contributed by atoms with E-state index in [0.29, 0.717) is 47.6 Å². The molecule has 8 heteroatoms. The highest BCUT2D eigenvalue weighted by atomic mass is 35.5. The van der Waals surface area contributed by atoms with Gasteiger partial charge >= 0.3 is 11.7 Å². The van der Waals surface area contributed by atoms with Crippen LogP contribution in [0.1, 0.15) is 39.6 Å². The Morgan fingerprint density at radius 3 is 2.50 bits per heavy atom. The molecule has 0 atom stereocenters. The number of hydrogen-bond donors (Lipinski definition) is 2. The Balaban J connectivity index is 1.57. The minimum Gasteiger partial charge on any atom is -0.478 e. The highest BCUT2D eigenvalue weighted by Gasteiger charge is 2.27. The first-order chi connectivity index (χ1) is 13.5. The predicted octanol–water partition coefficient (Wildman–Crippen LogP) is 3.16. The number of aromatic nitrogens is 2. The summed E-state index contributed by atoms with van der Waals surface area (Å²) in [5.41, 5.74) is 1.50. The van der Waals surface area contributed by atoms with Crippen LogP contribution in [-0.2, 0) is 0 Å². The van der Waals surface area contributed by atoms with Crippen LogP contribution in [0.2, 0.25) is 5.02 Å². The molecule has 0 saturated carbocycles. The number of rotatable bonds is 3. The van der Waals surface area contributed by atoms with E-state index >= 15 is 0 Å². The van der Waals surface area contributed by atoms with Crippen molar-refractivity contribution in [3.05, 3.63) is 69.1 Å². The Labute approximate surface area is 165 Å². The van der Waals surface area contributed by atoms with Crippen molar-refractivity contribution in [2.24, 2.45) is 0 Å². The van der Waals surface area contributed by atoms with E-state index in [-0.39, 0.29) is 23.2 Å². The average molecular weight is 400 g/mol. The maximum Gasteiger partial charge on any atom is 0.335 e. The highest BCUT2D eigenvalue weighted by Crippen LogP contribution is 2.27. The summed E-state index contributed by atoms with van der Waals surface area (Å²) in [6, 6.07) is 11.4. The topological polar surface area (TPSA) is 95.4 Å². The number of nitrogens with one attached hydrogen (secondary N) is 1. The number of aromatic carboxylic acids is 1. The lowest BCUT2D eigenvalue weighted by molar-refractivity contribution is 0.0685. The van der Waals surface area contributed by atoms with E-state index in [1.807, 2.05) is 0 Å². The van der Waals surface area contributed by atoms with Gasteiger partial charge in [0.2, 0.25) is 0 Å². The molecule has 1 aromatic heterocycles. The number of aromatic amines is 1. The number of nitrogens with zero attached hydrogens (tertiary/aromatic N) is 2. The summed E-state index contributed by atoms with van der Waals surface area (Å²) in [4.78, 5) is 41.0. The summed E-state index contributed by atoms with van der Waals surface area (Å²) < 4.78 is 1.61. The molecule has 2 heterocycles. The Morgan fingerprint density at radius 1 is 1.11 bits per heavy atom. The first-order valence-electron chi connectivity index (χ1n) is 8.97. The van der Waals surface area contributed by atoms with E-state index in [2.05, 4.69) is 4.98 Å². The smallest absolute Gasteiger partial charge is 0.335 e. The molecule has 0 spiro atoms. The molecule has 28 heavy (non-hydrogen) atoms. The van der Waals surface area contributed by atoms with Gasteiger partial charge in [0.25, 0.3) is 5.91 Å².